The Hall–Kier alpha value is -0.120. The Morgan fingerprint density at radius 3 is 2.37 bits per heavy atom. The number of nitrogens with two attached hydrogens (primary N) is 1. The number of fused-ring (bicyclic) bond motifs is 3. The van der Waals surface area contributed by atoms with E-state index in [0.717, 1.165) is 12.5 Å². The van der Waals surface area contributed by atoms with Gasteiger partial charge in [-0.25, -0.2) is 0 Å². The molecule has 0 amide bonds. The van der Waals surface area contributed by atoms with E-state index in [0.29, 0.717) is 6.04 Å². The fraction of sp³-hybridized carbons (Fsp3) is 1.00. The van der Waals surface area contributed by atoms with Crippen LogP contribution in [0.3, 0.4) is 0 Å². The van der Waals surface area contributed by atoms with Gasteiger partial charge in [0, 0.05) is 24.7 Å². The molecule has 0 radical (unpaired) electrons. The zero-order chi connectivity index (χ0) is 13.9. The van der Waals surface area contributed by atoms with Gasteiger partial charge in [-0.05, 0) is 58.7 Å². The molecule has 0 aromatic heterocycles. The van der Waals surface area contributed by atoms with Crippen LogP contribution in [-0.4, -0.2) is 54.1 Å². The van der Waals surface area contributed by atoms with Gasteiger partial charge in [-0.3, -0.25) is 4.90 Å². The molecule has 3 fully saturated rings. The van der Waals surface area contributed by atoms with E-state index in [1.54, 1.807) is 0 Å². The summed E-state index contributed by atoms with van der Waals surface area (Å²) < 4.78 is 0. The Labute approximate surface area is 119 Å². The first-order chi connectivity index (χ1) is 9.14. The molecule has 3 aliphatic rings. The molecule has 3 heteroatoms. The number of piperidine rings is 3. The molecule has 0 saturated carbocycles. The van der Waals surface area contributed by atoms with Crippen LogP contribution >= 0.6 is 0 Å². The van der Waals surface area contributed by atoms with E-state index in [2.05, 4.69) is 30.6 Å². The summed E-state index contributed by atoms with van der Waals surface area (Å²) in [6.45, 7) is 12.8. The Kier molecular flexibility index (Phi) is 5.27. The highest BCUT2D eigenvalue weighted by atomic mass is 15.3. The van der Waals surface area contributed by atoms with E-state index in [1.165, 1.54) is 58.3 Å². The molecule has 3 heterocycles. The third kappa shape index (κ3) is 2.98. The highest BCUT2D eigenvalue weighted by molar-refractivity contribution is 5.06. The number of hydrogen-bond acceptors (Lipinski definition) is 3. The summed E-state index contributed by atoms with van der Waals surface area (Å²) in [4.78, 5) is 5.39. The van der Waals surface area contributed by atoms with Crippen molar-refractivity contribution >= 4 is 0 Å². The highest BCUT2D eigenvalue weighted by Crippen LogP contribution is 2.40. The standard InChI is InChI=1S/C16H33N3/c1-4-5-6-9-19(14(2)3)16(12-17)13-18-10-7-15(16)8-11-18/h14-15H,4-13,17H2,1-3H3. The van der Waals surface area contributed by atoms with Gasteiger partial charge in [-0.15, -0.1) is 0 Å². The summed E-state index contributed by atoms with van der Waals surface area (Å²) in [5.41, 5.74) is 6.56. The van der Waals surface area contributed by atoms with Crippen molar-refractivity contribution in [2.75, 3.05) is 32.7 Å². The second kappa shape index (κ2) is 6.55. The van der Waals surface area contributed by atoms with Crippen molar-refractivity contribution in [2.45, 2.75) is 64.5 Å². The molecular weight excluding hydrogens is 234 g/mol. The van der Waals surface area contributed by atoms with Crippen molar-refractivity contribution in [2.24, 2.45) is 11.7 Å². The normalized spacial score (nSPS) is 34.4. The van der Waals surface area contributed by atoms with Gasteiger partial charge in [0.05, 0.1) is 0 Å². The third-order valence-corrected chi connectivity index (χ3v) is 5.40. The fourth-order valence-electron chi connectivity index (χ4n) is 4.35. The monoisotopic (exact) mass is 267 g/mol. The smallest absolute Gasteiger partial charge is 0.0490 e. The highest BCUT2D eigenvalue weighted by Gasteiger charge is 2.49. The lowest BCUT2D eigenvalue weighted by atomic mass is 9.71. The van der Waals surface area contributed by atoms with Crippen LogP contribution in [0.5, 0.6) is 0 Å². The lowest BCUT2D eigenvalue weighted by molar-refractivity contribution is -0.0806. The first-order valence-corrected chi connectivity index (χ1v) is 8.33. The quantitative estimate of drug-likeness (QED) is 0.719. The van der Waals surface area contributed by atoms with Crippen molar-refractivity contribution < 1.29 is 0 Å². The van der Waals surface area contributed by atoms with Gasteiger partial charge < -0.3 is 10.6 Å². The van der Waals surface area contributed by atoms with Gasteiger partial charge in [0.15, 0.2) is 0 Å². The molecule has 0 aromatic rings. The maximum Gasteiger partial charge on any atom is 0.0490 e. The zero-order valence-electron chi connectivity index (χ0n) is 13.2. The second-order valence-electron chi connectivity index (χ2n) is 6.85. The van der Waals surface area contributed by atoms with Gasteiger partial charge in [-0.2, -0.15) is 0 Å². The van der Waals surface area contributed by atoms with Crippen LogP contribution in [0, 0.1) is 5.92 Å². The average molecular weight is 267 g/mol. The predicted molar refractivity (Wildman–Crippen MR) is 82.3 cm³/mol. The molecule has 0 aromatic carbocycles. The van der Waals surface area contributed by atoms with E-state index < -0.39 is 0 Å². The summed E-state index contributed by atoms with van der Waals surface area (Å²) in [6, 6.07) is 0.612. The van der Waals surface area contributed by atoms with Gasteiger partial charge in [-0.1, -0.05) is 19.8 Å². The minimum Gasteiger partial charge on any atom is -0.329 e. The zero-order valence-corrected chi connectivity index (χ0v) is 13.2. The van der Waals surface area contributed by atoms with Gasteiger partial charge in [0.1, 0.15) is 0 Å². The largest absolute Gasteiger partial charge is 0.329 e. The number of rotatable bonds is 7. The molecule has 3 saturated heterocycles. The summed E-state index contributed by atoms with van der Waals surface area (Å²) in [7, 11) is 0. The molecule has 3 nitrogen and oxygen atoms in total. The van der Waals surface area contributed by atoms with E-state index in [1.807, 2.05) is 0 Å². The number of unbranched alkanes of at least 4 members (excludes halogenated alkanes) is 2. The van der Waals surface area contributed by atoms with Gasteiger partial charge >= 0.3 is 0 Å². The van der Waals surface area contributed by atoms with Crippen LogP contribution in [0.25, 0.3) is 0 Å². The molecule has 19 heavy (non-hydrogen) atoms. The van der Waals surface area contributed by atoms with Crippen molar-refractivity contribution in [1.82, 2.24) is 9.80 Å². The number of nitrogens with zero attached hydrogens (tertiary/aromatic N) is 2. The van der Waals surface area contributed by atoms with Crippen molar-refractivity contribution in [3.8, 4) is 0 Å². The minimum absolute atomic E-state index is 0.262. The molecule has 3 rings (SSSR count). The topological polar surface area (TPSA) is 32.5 Å². The summed E-state index contributed by atoms with van der Waals surface area (Å²) in [5, 5.41) is 0. The first-order valence-electron chi connectivity index (χ1n) is 8.33. The second-order valence-corrected chi connectivity index (χ2v) is 6.85. The van der Waals surface area contributed by atoms with Crippen molar-refractivity contribution in [1.29, 1.82) is 0 Å². The lowest BCUT2D eigenvalue weighted by Crippen LogP contribution is -2.71. The Bertz CT molecular complexity index is 271. The summed E-state index contributed by atoms with van der Waals surface area (Å²) in [6.07, 6.45) is 6.68. The minimum atomic E-state index is 0.262. The van der Waals surface area contributed by atoms with Crippen molar-refractivity contribution in [3.05, 3.63) is 0 Å². The molecule has 1 unspecified atom stereocenters. The summed E-state index contributed by atoms with van der Waals surface area (Å²) in [5.74, 6) is 0.825. The maximum atomic E-state index is 6.30. The molecule has 1 atom stereocenters. The molecule has 0 spiro atoms. The van der Waals surface area contributed by atoms with Gasteiger partial charge in [0.2, 0.25) is 0 Å². The Balaban J connectivity index is 2.11. The molecule has 2 N–H and O–H groups in total. The molecule has 2 bridgehead atoms. The van der Waals surface area contributed by atoms with E-state index >= 15 is 0 Å². The van der Waals surface area contributed by atoms with E-state index in [4.69, 9.17) is 5.73 Å². The van der Waals surface area contributed by atoms with Crippen molar-refractivity contribution in [3.63, 3.8) is 0 Å². The SMILES string of the molecule is CCCCCN(C(C)C)C1(CN)CN2CCC1CC2. The molecule has 0 aliphatic carbocycles. The van der Waals surface area contributed by atoms with Crippen LogP contribution in [0.4, 0.5) is 0 Å². The predicted octanol–water partition coefficient (Wildman–Crippen LogP) is 2.31. The van der Waals surface area contributed by atoms with Crippen LogP contribution in [-0.2, 0) is 0 Å². The average Bonchev–Trinajstić information content (AvgIpc) is 2.44. The maximum absolute atomic E-state index is 6.30. The first kappa shape index (κ1) is 15.3. The van der Waals surface area contributed by atoms with Crippen LogP contribution in [0.15, 0.2) is 0 Å². The lowest BCUT2D eigenvalue weighted by Gasteiger charge is -2.59. The third-order valence-electron chi connectivity index (χ3n) is 5.40. The molecule has 3 aliphatic heterocycles. The Morgan fingerprint density at radius 2 is 1.95 bits per heavy atom. The van der Waals surface area contributed by atoms with Gasteiger partial charge in [0.25, 0.3) is 0 Å². The summed E-state index contributed by atoms with van der Waals surface area (Å²) >= 11 is 0. The van der Waals surface area contributed by atoms with Crippen LogP contribution in [0.2, 0.25) is 0 Å². The number of hydrogen-bond donors (Lipinski definition) is 1. The van der Waals surface area contributed by atoms with E-state index in [-0.39, 0.29) is 5.54 Å². The Morgan fingerprint density at radius 1 is 1.26 bits per heavy atom. The molecule has 112 valence electrons. The van der Waals surface area contributed by atoms with Crippen LogP contribution in [0.1, 0.15) is 52.9 Å². The van der Waals surface area contributed by atoms with Crippen LogP contribution < -0.4 is 5.73 Å². The fourth-order valence-corrected chi connectivity index (χ4v) is 4.35. The van der Waals surface area contributed by atoms with E-state index in [9.17, 15) is 0 Å². The molecular formula is C16H33N3.